The predicted molar refractivity (Wildman–Crippen MR) is 110 cm³/mol. The second-order valence-corrected chi connectivity index (χ2v) is 9.01. The van der Waals surface area contributed by atoms with Gasteiger partial charge in [0.2, 0.25) is 21.7 Å². The van der Waals surface area contributed by atoms with Gasteiger partial charge in [-0.05, 0) is 37.1 Å². The monoisotopic (exact) mass is 429 g/mol. The SMILES string of the molecule is COc1cc(OC)cc(-c2noc([C@@H]3CCCN(S(=O)(=O)c4ccccc4)C3)n2)c1. The molecule has 0 spiro atoms. The summed E-state index contributed by atoms with van der Waals surface area (Å²) in [5.74, 6) is 1.91. The zero-order valence-electron chi connectivity index (χ0n) is 16.8. The maximum Gasteiger partial charge on any atom is 0.243 e. The summed E-state index contributed by atoms with van der Waals surface area (Å²) in [6.45, 7) is 0.780. The fourth-order valence-electron chi connectivity index (χ4n) is 3.56. The molecule has 3 aromatic rings. The van der Waals surface area contributed by atoms with Crippen LogP contribution in [0.4, 0.5) is 0 Å². The number of aromatic nitrogens is 2. The molecule has 30 heavy (non-hydrogen) atoms. The smallest absolute Gasteiger partial charge is 0.243 e. The molecule has 158 valence electrons. The molecule has 2 heterocycles. The Morgan fingerprint density at radius 2 is 1.77 bits per heavy atom. The van der Waals surface area contributed by atoms with Crippen molar-refractivity contribution in [3.05, 3.63) is 54.4 Å². The predicted octanol–water partition coefficient (Wildman–Crippen LogP) is 3.32. The molecule has 4 rings (SSSR count). The average Bonchev–Trinajstić information content (AvgIpc) is 3.30. The van der Waals surface area contributed by atoms with E-state index in [0.29, 0.717) is 46.8 Å². The van der Waals surface area contributed by atoms with Crippen LogP contribution >= 0.6 is 0 Å². The minimum Gasteiger partial charge on any atom is -0.497 e. The van der Waals surface area contributed by atoms with Crippen LogP contribution in [0, 0.1) is 0 Å². The minimum atomic E-state index is -3.56. The molecule has 1 saturated heterocycles. The molecule has 0 radical (unpaired) electrons. The molecule has 2 aromatic carbocycles. The Hall–Kier alpha value is -2.91. The van der Waals surface area contributed by atoms with Crippen LogP contribution in [0.1, 0.15) is 24.7 Å². The van der Waals surface area contributed by atoms with E-state index in [0.717, 1.165) is 12.8 Å². The van der Waals surface area contributed by atoms with Gasteiger partial charge in [0.15, 0.2) is 0 Å². The quantitative estimate of drug-likeness (QED) is 0.593. The summed E-state index contributed by atoms with van der Waals surface area (Å²) < 4.78 is 43.5. The standard InChI is InChI=1S/C21H23N3O5S/c1-27-17-11-16(12-18(13-17)28-2)20-22-21(29-23-20)15-7-6-10-24(14-15)30(25,26)19-8-4-3-5-9-19/h3-5,8-9,11-13,15H,6-7,10,14H2,1-2H3/t15-/m1/s1. The number of sulfonamides is 1. The molecular weight excluding hydrogens is 406 g/mol. The normalized spacial score (nSPS) is 17.6. The first-order valence-corrected chi connectivity index (χ1v) is 11.1. The molecule has 0 saturated carbocycles. The van der Waals surface area contributed by atoms with Gasteiger partial charge < -0.3 is 14.0 Å². The summed E-state index contributed by atoms with van der Waals surface area (Å²) >= 11 is 0. The second-order valence-electron chi connectivity index (χ2n) is 7.07. The zero-order valence-corrected chi connectivity index (χ0v) is 17.6. The third-order valence-electron chi connectivity index (χ3n) is 5.17. The van der Waals surface area contributed by atoms with Crippen LogP contribution in [-0.2, 0) is 10.0 Å². The van der Waals surface area contributed by atoms with Crippen molar-refractivity contribution >= 4 is 10.0 Å². The van der Waals surface area contributed by atoms with Gasteiger partial charge in [0, 0.05) is 24.7 Å². The van der Waals surface area contributed by atoms with E-state index in [4.69, 9.17) is 14.0 Å². The van der Waals surface area contributed by atoms with Gasteiger partial charge in [-0.25, -0.2) is 8.42 Å². The zero-order chi connectivity index (χ0) is 21.1. The van der Waals surface area contributed by atoms with Crippen LogP contribution in [-0.4, -0.2) is 50.2 Å². The third-order valence-corrected chi connectivity index (χ3v) is 7.05. The van der Waals surface area contributed by atoms with Crippen LogP contribution in [0.2, 0.25) is 0 Å². The lowest BCUT2D eigenvalue weighted by molar-refractivity contribution is 0.265. The number of rotatable bonds is 6. The molecule has 0 bridgehead atoms. The Bertz CT molecular complexity index is 1090. The first-order valence-electron chi connectivity index (χ1n) is 9.63. The van der Waals surface area contributed by atoms with Crippen molar-refractivity contribution in [3.63, 3.8) is 0 Å². The van der Waals surface area contributed by atoms with Crippen LogP contribution in [0.25, 0.3) is 11.4 Å². The Morgan fingerprint density at radius 1 is 1.07 bits per heavy atom. The maximum absolute atomic E-state index is 13.0. The molecule has 1 atom stereocenters. The van der Waals surface area contributed by atoms with E-state index in [-0.39, 0.29) is 5.92 Å². The molecule has 0 aliphatic carbocycles. The number of benzene rings is 2. The van der Waals surface area contributed by atoms with E-state index in [2.05, 4.69) is 10.1 Å². The summed E-state index contributed by atoms with van der Waals surface area (Å²) in [5.41, 5.74) is 0.700. The molecule has 1 aliphatic rings. The van der Waals surface area contributed by atoms with Gasteiger partial charge in [-0.15, -0.1) is 0 Å². The number of methoxy groups -OCH3 is 2. The van der Waals surface area contributed by atoms with E-state index in [9.17, 15) is 8.42 Å². The number of ether oxygens (including phenoxy) is 2. The number of piperidine rings is 1. The van der Waals surface area contributed by atoms with Crippen molar-refractivity contribution in [2.45, 2.75) is 23.7 Å². The van der Waals surface area contributed by atoms with Gasteiger partial charge in [-0.1, -0.05) is 23.4 Å². The summed E-state index contributed by atoms with van der Waals surface area (Å²) in [6, 6.07) is 13.8. The lowest BCUT2D eigenvalue weighted by atomic mass is 10.00. The van der Waals surface area contributed by atoms with E-state index in [1.165, 1.54) is 4.31 Å². The van der Waals surface area contributed by atoms with Gasteiger partial charge >= 0.3 is 0 Å². The Morgan fingerprint density at radius 3 is 2.43 bits per heavy atom. The number of hydrogen-bond donors (Lipinski definition) is 0. The van der Waals surface area contributed by atoms with Gasteiger partial charge in [0.25, 0.3) is 0 Å². The Labute approximate surface area is 175 Å². The van der Waals surface area contributed by atoms with Gasteiger partial charge in [0.1, 0.15) is 11.5 Å². The highest BCUT2D eigenvalue weighted by Crippen LogP contribution is 2.32. The van der Waals surface area contributed by atoms with Crippen molar-refractivity contribution in [3.8, 4) is 22.9 Å². The summed E-state index contributed by atoms with van der Waals surface area (Å²) in [4.78, 5) is 4.83. The summed E-state index contributed by atoms with van der Waals surface area (Å²) in [6.07, 6.45) is 1.51. The van der Waals surface area contributed by atoms with Crippen LogP contribution in [0.5, 0.6) is 11.5 Å². The second kappa shape index (κ2) is 8.45. The molecule has 1 aromatic heterocycles. The van der Waals surface area contributed by atoms with Crippen molar-refractivity contribution < 1.29 is 22.4 Å². The van der Waals surface area contributed by atoms with Gasteiger partial charge in [-0.3, -0.25) is 0 Å². The van der Waals surface area contributed by atoms with Crippen LogP contribution < -0.4 is 9.47 Å². The molecule has 0 N–H and O–H groups in total. The molecule has 0 unspecified atom stereocenters. The lowest BCUT2D eigenvalue weighted by Crippen LogP contribution is -2.39. The highest BCUT2D eigenvalue weighted by molar-refractivity contribution is 7.89. The van der Waals surface area contributed by atoms with E-state index < -0.39 is 10.0 Å². The average molecular weight is 429 g/mol. The number of nitrogens with zero attached hydrogens (tertiary/aromatic N) is 3. The maximum atomic E-state index is 13.0. The molecular formula is C21H23N3O5S. The van der Waals surface area contributed by atoms with E-state index in [1.807, 2.05) is 0 Å². The highest BCUT2D eigenvalue weighted by Gasteiger charge is 2.33. The molecule has 8 nitrogen and oxygen atoms in total. The molecule has 1 aliphatic heterocycles. The molecule has 0 amide bonds. The van der Waals surface area contributed by atoms with Crippen LogP contribution in [0.15, 0.2) is 57.9 Å². The molecule has 9 heteroatoms. The van der Waals surface area contributed by atoms with Gasteiger partial charge in [0.05, 0.1) is 25.0 Å². The van der Waals surface area contributed by atoms with Crippen molar-refractivity contribution in [2.75, 3.05) is 27.3 Å². The van der Waals surface area contributed by atoms with Crippen molar-refractivity contribution in [1.29, 1.82) is 0 Å². The van der Waals surface area contributed by atoms with Gasteiger partial charge in [-0.2, -0.15) is 9.29 Å². The van der Waals surface area contributed by atoms with Crippen molar-refractivity contribution in [2.24, 2.45) is 0 Å². The Balaban J connectivity index is 1.57. The van der Waals surface area contributed by atoms with E-state index >= 15 is 0 Å². The van der Waals surface area contributed by atoms with E-state index in [1.54, 1.807) is 62.8 Å². The topological polar surface area (TPSA) is 94.8 Å². The molecule has 1 fully saturated rings. The third kappa shape index (κ3) is 4.03. The Kier molecular flexibility index (Phi) is 5.74. The summed E-state index contributed by atoms with van der Waals surface area (Å²) in [7, 11) is -0.409. The minimum absolute atomic E-state index is 0.161. The van der Waals surface area contributed by atoms with Crippen molar-refractivity contribution in [1.82, 2.24) is 14.4 Å². The first kappa shape index (κ1) is 20.4. The summed E-state index contributed by atoms with van der Waals surface area (Å²) in [5, 5.41) is 4.09. The lowest BCUT2D eigenvalue weighted by Gasteiger charge is -2.30. The first-order chi connectivity index (χ1) is 14.5. The largest absolute Gasteiger partial charge is 0.497 e. The fraction of sp³-hybridized carbons (Fsp3) is 0.333. The number of hydrogen-bond acceptors (Lipinski definition) is 7. The fourth-order valence-corrected chi connectivity index (χ4v) is 5.10. The van der Waals surface area contributed by atoms with Crippen LogP contribution in [0.3, 0.4) is 0 Å². The highest BCUT2D eigenvalue weighted by atomic mass is 32.2.